The molecule has 3 aromatic rings. The highest BCUT2D eigenvalue weighted by molar-refractivity contribution is 7.13. The Bertz CT molecular complexity index is 922. The van der Waals surface area contributed by atoms with Crippen molar-refractivity contribution in [3.05, 3.63) is 70.5 Å². The van der Waals surface area contributed by atoms with E-state index in [9.17, 15) is 4.79 Å². The number of halogens is 1. The van der Waals surface area contributed by atoms with Gasteiger partial charge in [0, 0.05) is 34.4 Å². The van der Waals surface area contributed by atoms with Crippen molar-refractivity contribution >= 4 is 28.8 Å². The third-order valence-electron chi connectivity index (χ3n) is 4.79. The third-order valence-corrected chi connectivity index (χ3v) is 5.98. The molecule has 1 saturated carbocycles. The zero-order valence-electron chi connectivity index (χ0n) is 15.0. The second-order valence-corrected chi connectivity index (χ2v) is 8.12. The first-order valence-corrected chi connectivity index (χ1v) is 10.3. The number of benzene rings is 1. The summed E-state index contributed by atoms with van der Waals surface area (Å²) in [5, 5.41) is 3.58. The standard InChI is InChI=1S/C21H20ClN3OS/c1-14(15-4-6-17(22)7-5-15)25(19-8-9-19)20(26)11-18-13-27-21(24-18)16-3-2-10-23-12-16/h2-7,10,12-14,19H,8-9,11H2,1H3. The number of rotatable bonds is 6. The lowest BCUT2D eigenvalue weighted by atomic mass is 10.1. The summed E-state index contributed by atoms with van der Waals surface area (Å²) in [5.74, 6) is 0.128. The average molecular weight is 398 g/mol. The predicted molar refractivity (Wildman–Crippen MR) is 109 cm³/mol. The van der Waals surface area contributed by atoms with Crippen LogP contribution in [0.4, 0.5) is 0 Å². The molecule has 0 saturated heterocycles. The molecule has 0 N–H and O–H groups in total. The Labute approximate surface area is 167 Å². The van der Waals surface area contributed by atoms with E-state index in [0.29, 0.717) is 17.5 Å². The van der Waals surface area contributed by atoms with Gasteiger partial charge < -0.3 is 4.90 Å². The minimum atomic E-state index is 0.0266. The summed E-state index contributed by atoms with van der Waals surface area (Å²) < 4.78 is 0. The van der Waals surface area contributed by atoms with Crippen LogP contribution in [0, 0.1) is 0 Å². The average Bonchev–Trinajstić information content (AvgIpc) is 3.40. The van der Waals surface area contributed by atoms with Gasteiger partial charge in [-0.25, -0.2) is 4.98 Å². The Hall–Kier alpha value is -2.24. The van der Waals surface area contributed by atoms with Gasteiger partial charge in [0.15, 0.2) is 0 Å². The van der Waals surface area contributed by atoms with Gasteiger partial charge in [-0.3, -0.25) is 9.78 Å². The number of amides is 1. The van der Waals surface area contributed by atoms with Crippen molar-refractivity contribution in [2.45, 2.75) is 38.3 Å². The molecule has 2 heterocycles. The first-order chi connectivity index (χ1) is 13.1. The summed E-state index contributed by atoms with van der Waals surface area (Å²) in [4.78, 5) is 23.9. The maximum atomic E-state index is 13.1. The highest BCUT2D eigenvalue weighted by atomic mass is 35.5. The molecule has 1 amide bonds. The number of thiazole rings is 1. The van der Waals surface area contributed by atoms with Crippen molar-refractivity contribution in [1.82, 2.24) is 14.9 Å². The van der Waals surface area contributed by atoms with Gasteiger partial charge >= 0.3 is 0 Å². The quantitative estimate of drug-likeness (QED) is 0.577. The van der Waals surface area contributed by atoms with E-state index in [2.05, 4.69) is 16.9 Å². The van der Waals surface area contributed by atoms with Crippen LogP contribution in [0.1, 0.15) is 37.1 Å². The van der Waals surface area contributed by atoms with Crippen molar-refractivity contribution in [3.63, 3.8) is 0 Å². The van der Waals surface area contributed by atoms with Crippen molar-refractivity contribution in [3.8, 4) is 10.6 Å². The van der Waals surface area contributed by atoms with Crippen LogP contribution in [-0.2, 0) is 11.2 Å². The molecule has 1 aromatic carbocycles. The summed E-state index contributed by atoms with van der Waals surface area (Å²) >= 11 is 7.55. The molecule has 6 heteroatoms. The van der Waals surface area contributed by atoms with Crippen molar-refractivity contribution in [2.24, 2.45) is 0 Å². The fourth-order valence-corrected chi connectivity index (χ4v) is 4.18. The molecule has 4 rings (SSSR count). The highest BCUT2D eigenvalue weighted by Crippen LogP contribution is 2.35. The maximum absolute atomic E-state index is 13.1. The molecular formula is C21H20ClN3OS. The van der Waals surface area contributed by atoms with E-state index in [4.69, 9.17) is 11.6 Å². The lowest BCUT2D eigenvalue weighted by Gasteiger charge is -2.29. The Kier molecular flexibility index (Phi) is 5.23. The van der Waals surface area contributed by atoms with E-state index in [1.807, 2.05) is 46.7 Å². The molecule has 1 fully saturated rings. The van der Waals surface area contributed by atoms with E-state index in [1.165, 1.54) is 0 Å². The molecule has 4 nitrogen and oxygen atoms in total. The fourth-order valence-electron chi connectivity index (χ4n) is 3.25. The number of aromatic nitrogens is 2. The Morgan fingerprint density at radius 2 is 2.07 bits per heavy atom. The molecule has 0 radical (unpaired) electrons. The summed E-state index contributed by atoms with van der Waals surface area (Å²) in [5.41, 5.74) is 2.90. The van der Waals surface area contributed by atoms with Gasteiger partial charge in [0.1, 0.15) is 5.01 Å². The zero-order chi connectivity index (χ0) is 18.8. The minimum Gasteiger partial charge on any atom is -0.333 e. The van der Waals surface area contributed by atoms with Gasteiger partial charge in [-0.15, -0.1) is 11.3 Å². The van der Waals surface area contributed by atoms with Crippen LogP contribution in [-0.4, -0.2) is 26.8 Å². The smallest absolute Gasteiger partial charge is 0.229 e. The van der Waals surface area contributed by atoms with Crippen molar-refractivity contribution in [2.75, 3.05) is 0 Å². The molecule has 0 spiro atoms. The lowest BCUT2D eigenvalue weighted by Crippen LogP contribution is -2.36. The van der Waals surface area contributed by atoms with Crippen LogP contribution in [0.2, 0.25) is 5.02 Å². The lowest BCUT2D eigenvalue weighted by molar-refractivity contribution is -0.133. The first kappa shape index (κ1) is 18.1. The van der Waals surface area contributed by atoms with Crippen LogP contribution in [0.25, 0.3) is 10.6 Å². The Morgan fingerprint density at radius 1 is 1.30 bits per heavy atom. The van der Waals surface area contributed by atoms with Crippen LogP contribution in [0.3, 0.4) is 0 Å². The summed E-state index contributed by atoms with van der Waals surface area (Å²) in [6.07, 6.45) is 6.01. The molecule has 0 aliphatic heterocycles. The number of carbonyl (C=O) groups excluding carboxylic acids is 1. The van der Waals surface area contributed by atoms with Crippen molar-refractivity contribution in [1.29, 1.82) is 0 Å². The molecule has 138 valence electrons. The Balaban J connectivity index is 1.50. The Morgan fingerprint density at radius 3 is 2.74 bits per heavy atom. The summed E-state index contributed by atoms with van der Waals surface area (Å²) in [6, 6.07) is 12.0. The molecule has 1 aliphatic rings. The molecule has 2 aromatic heterocycles. The predicted octanol–water partition coefficient (Wildman–Crippen LogP) is 5.15. The van der Waals surface area contributed by atoms with E-state index < -0.39 is 0 Å². The minimum absolute atomic E-state index is 0.0266. The van der Waals surface area contributed by atoms with E-state index in [-0.39, 0.29) is 11.9 Å². The number of nitrogens with zero attached hydrogens (tertiary/aromatic N) is 3. The third kappa shape index (κ3) is 4.20. The molecule has 1 unspecified atom stereocenters. The molecular weight excluding hydrogens is 378 g/mol. The van der Waals surface area contributed by atoms with Crippen LogP contribution in [0.5, 0.6) is 0 Å². The number of hydrogen-bond donors (Lipinski definition) is 0. The van der Waals surface area contributed by atoms with Gasteiger partial charge in [0.25, 0.3) is 0 Å². The van der Waals surface area contributed by atoms with E-state index >= 15 is 0 Å². The second kappa shape index (κ2) is 7.79. The first-order valence-electron chi connectivity index (χ1n) is 9.03. The molecule has 1 atom stereocenters. The highest BCUT2D eigenvalue weighted by Gasteiger charge is 2.36. The van der Waals surface area contributed by atoms with E-state index in [0.717, 1.165) is 34.7 Å². The summed E-state index contributed by atoms with van der Waals surface area (Å²) in [6.45, 7) is 2.08. The maximum Gasteiger partial charge on any atom is 0.229 e. The second-order valence-electron chi connectivity index (χ2n) is 6.82. The molecule has 0 bridgehead atoms. The number of carbonyl (C=O) groups is 1. The number of pyridine rings is 1. The van der Waals surface area contributed by atoms with Crippen LogP contribution in [0.15, 0.2) is 54.2 Å². The van der Waals surface area contributed by atoms with Gasteiger partial charge in [-0.2, -0.15) is 0 Å². The van der Waals surface area contributed by atoms with Gasteiger partial charge in [-0.05, 0) is 49.6 Å². The molecule has 27 heavy (non-hydrogen) atoms. The molecule has 1 aliphatic carbocycles. The van der Waals surface area contributed by atoms with Gasteiger partial charge in [0.2, 0.25) is 5.91 Å². The van der Waals surface area contributed by atoms with Gasteiger partial charge in [0.05, 0.1) is 18.2 Å². The van der Waals surface area contributed by atoms with Crippen molar-refractivity contribution < 1.29 is 4.79 Å². The SMILES string of the molecule is CC(c1ccc(Cl)cc1)N(C(=O)Cc1csc(-c2cccnc2)n1)C1CC1. The normalized spacial score (nSPS) is 14.7. The topological polar surface area (TPSA) is 46.1 Å². The van der Waals surface area contributed by atoms with E-state index in [1.54, 1.807) is 23.7 Å². The van der Waals surface area contributed by atoms with Crippen LogP contribution < -0.4 is 0 Å². The fraction of sp³-hybridized carbons (Fsp3) is 0.286. The number of hydrogen-bond acceptors (Lipinski definition) is 4. The summed E-state index contributed by atoms with van der Waals surface area (Å²) in [7, 11) is 0. The van der Waals surface area contributed by atoms with Crippen LogP contribution >= 0.6 is 22.9 Å². The monoisotopic (exact) mass is 397 g/mol. The van der Waals surface area contributed by atoms with Gasteiger partial charge in [-0.1, -0.05) is 23.7 Å². The zero-order valence-corrected chi connectivity index (χ0v) is 16.6. The largest absolute Gasteiger partial charge is 0.333 e.